The van der Waals surface area contributed by atoms with Gasteiger partial charge in [0.25, 0.3) is 5.91 Å². The fourth-order valence-corrected chi connectivity index (χ4v) is 3.88. The third kappa shape index (κ3) is 4.61. The van der Waals surface area contributed by atoms with Gasteiger partial charge in [-0.3, -0.25) is 9.59 Å². The van der Waals surface area contributed by atoms with E-state index in [0.29, 0.717) is 27.1 Å². The van der Waals surface area contributed by atoms with Crippen molar-refractivity contribution in [3.8, 4) is 0 Å². The summed E-state index contributed by atoms with van der Waals surface area (Å²) in [7, 11) is 0. The van der Waals surface area contributed by atoms with E-state index in [4.69, 9.17) is 23.2 Å². The fraction of sp³-hybridized carbons (Fsp3) is 0.125. The van der Waals surface area contributed by atoms with Gasteiger partial charge in [-0.05, 0) is 43.3 Å². The summed E-state index contributed by atoms with van der Waals surface area (Å²) < 4.78 is 1.79. The standard InChI is InChI=1S/C24H20Cl2N4O2/c1-15(27-24(32)16-8-2-3-9-17(16)25)23-29-20-12-6-7-13-21(20)30(23)14-22(31)28-19-11-5-4-10-18(19)26/h2-13,15H,14H2,1H3,(H,27,32)(H,28,31). The van der Waals surface area contributed by atoms with Crippen molar-refractivity contribution in [2.75, 3.05) is 5.32 Å². The Kier molecular flexibility index (Phi) is 6.44. The van der Waals surface area contributed by atoms with E-state index in [9.17, 15) is 9.59 Å². The molecule has 8 heteroatoms. The SMILES string of the molecule is CC(NC(=O)c1ccccc1Cl)c1nc2ccccc2n1CC(=O)Nc1ccccc1Cl. The number of amides is 2. The van der Waals surface area contributed by atoms with E-state index in [1.54, 1.807) is 53.1 Å². The monoisotopic (exact) mass is 466 g/mol. The third-order valence-corrected chi connectivity index (χ3v) is 5.65. The first-order valence-electron chi connectivity index (χ1n) is 9.99. The molecular formula is C24H20Cl2N4O2. The van der Waals surface area contributed by atoms with Gasteiger partial charge in [-0.25, -0.2) is 4.98 Å². The van der Waals surface area contributed by atoms with Crippen molar-refractivity contribution >= 4 is 51.7 Å². The molecule has 162 valence electrons. The molecule has 0 saturated heterocycles. The van der Waals surface area contributed by atoms with Crippen LogP contribution in [0.4, 0.5) is 5.69 Å². The highest BCUT2D eigenvalue weighted by Crippen LogP contribution is 2.24. The van der Waals surface area contributed by atoms with Crippen LogP contribution < -0.4 is 10.6 Å². The quantitative estimate of drug-likeness (QED) is 0.395. The van der Waals surface area contributed by atoms with Gasteiger partial charge in [0, 0.05) is 0 Å². The number of para-hydroxylation sites is 3. The van der Waals surface area contributed by atoms with Gasteiger partial charge >= 0.3 is 0 Å². The summed E-state index contributed by atoms with van der Waals surface area (Å²) in [5.74, 6) is -0.0183. The number of nitrogens with one attached hydrogen (secondary N) is 2. The number of nitrogens with zero attached hydrogens (tertiary/aromatic N) is 2. The van der Waals surface area contributed by atoms with E-state index >= 15 is 0 Å². The Labute approximate surface area is 195 Å². The molecule has 1 atom stereocenters. The number of rotatable bonds is 6. The maximum Gasteiger partial charge on any atom is 0.253 e. The van der Waals surface area contributed by atoms with Crippen molar-refractivity contribution in [3.63, 3.8) is 0 Å². The molecule has 1 aromatic heterocycles. The van der Waals surface area contributed by atoms with Crippen molar-refractivity contribution < 1.29 is 9.59 Å². The maximum atomic E-state index is 12.8. The Morgan fingerprint density at radius 3 is 2.34 bits per heavy atom. The second-order valence-corrected chi connectivity index (χ2v) is 8.06. The number of halogens is 2. The average molecular weight is 467 g/mol. The smallest absolute Gasteiger partial charge is 0.253 e. The lowest BCUT2D eigenvalue weighted by Gasteiger charge is -2.17. The number of hydrogen-bond donors (Lipinski definition) is 2. The minimum absolute atomic E-state index is 0.00731. The molecule has 2 amide bonds. The lowest BCUT2D eigenvalue weighted by molar-refractivity contribution is -0.116. The molecule has 0 aliphatic rings. The van der Waals surface area contributed by atoms with E-state index in [-0.39, 0.29) is 18.4 Å². The van der Waals surface area contributed by atoms with Crippen LogP contribution in [-0.4, -0.2) is 21.4 Å². The molecule has 0 bridgehead atoms. The van der Waals surface area contributed by atoms with Crippen LogP contribution in [0.3, 0.4) is 0 Å². The minimum Gasteiger partial charge on any atom is -0.342 e. The first kappa shape index (κ1) is 21.9. The van der Waals surface area contributed by atoms with Crippen molar-refractivity contribution in [2.45, 2.75) is 19.5 Å². The van der Waals surface area contributed by atoms with Crippen LogP contribution >= 0.6 is 23.2 Å². The Morgan fingerprint density at radius 1 is 0.938 bits per heavy atom. The second kappa shape index (κ2) is 9.42. The van der Waals surface area contributed by atoms with E-state index in [1.165, 1.54) is 0 Å². The molecular weight excluding hydrogens is 447 g/mol. The summed E-state index contributed by atoms with van der Waals surface area (Å²) in [6.45, 7) is 1.83. The summed E-state index contributed by atoms with van der Waals surface area (Å²) in [6, 6.07) is 20.9. The van der Waals surface area contributed by atoms with E-state index in [1.807, 2.05) is 31.2 Å². The van der Waals surface area contributed by atoms with Crippen LogP contribution in [0.15, 0.2) is 72.8 Å². The Balaban J connectivity index is 1.61. The molecule has 4 rings (SSSR count). The molecule has 6 nitrogen and oxygen atoms in total. The molecule has 4 aromatic rings. The molecule has 32 heavy (non-hydrogen) atoms. The van der Waals surface area contributed by atoms with Gasteiger partial charge in [0.15, 0.2) is 0 Å². The lowest BCUT2D eigenvalue weighted by Crippen LogP contribution is -2.30. The van der Waals surface area contributed by atoms with Gasteiger partial charge in [-0.15, -0.1) is 0 Å². The summed E-state index contributed by atoms with van der Waals surface area (Å²) in [5, 5.41) is 6.58. The number of aromatic nitrogens is 2. The van der Waals surface area contributed by atoms with Gasteiger partial charge in [-0.2, -0.15) is 0 Å². The number of hydrogen-bond acceptors (Lipinski definition) is 3. The normalized spacial score (nSPS) is 11.8. The topological polar surface area (TPSA) is 76.0 Å². The zero-order valence-corrected chi connectivity index (χ0v) is 18.7. The zero-order chi connectivity index (χ0) is 22.7. The first-order valence-corrected chi connectivity index (χ1v) is 10.7. The number of carbonyl (C=O) groups excluding carboxylic acids is 2. The van der Waals surface area contributed by atoms with E-state index < -0.39 is 6.04 Å². The fourth-order valence-electron chi connectivity index (χ4n) is 3.47. The number of benzene rings is 3. The number of imidazole rings is 1. The lowest BCUT2D eigenvalue weighted by atomic mass is 10.2. The molecule has 0 aliphatic heterocycles. The summed E-state index contributed by atoms with van der Waals surface area (Å²) in [5.41, 5.74) is 2.42. The number of carbonyl (C=O) groups is 2. The minimum atomic E-state index is -0.473. The number of fused-ring (bicyclic) bond motifs is 1. The largest absolute Gasteiger partial charge is 0.342 e. The Bertz CT molecular complexity index is 1300. The highest BCUT2D eigenvalue weighted by molar-refractivity contribution is 6.34. The third-order valence-electron chi connectivity index (χ3n) is 4.99. The average Bonchev–Trinajstić information content (AvgIpc) is 3.14. The molecule has 1 unspecified atom stereocenters. The van der Waals surface area contributed by atoms with E-state index in [0.717, 1.165) is 11.0 Å². The molecule has 0 fully saturated rings. The highest BCUT2D eigenvalue weighted by atomic mass is 35.5. The van der Waals surface area contributed by atoms with Crippen LogP contribution in [-0.2, 0) is 11.3 Å². The van der Waals surface area contributed by atoms with E-state index in [2.05, 4.69) is 15.6 Å². The van der Waals surface area contributed by atoms with Crippen molar-refractivity contribution in [2.24, 2.45) is 0 Å². The molecule has 3 aromatic carbocycles. The van der Waals surface area contributed by atoms with Gasteiger partial charge < -0.3 is 15.2 Å². The molecule has 0 aliphatic carbocycles. The van der Waals surface area contributed by atoms with Crippen LogP contribution in [0.5, 0.6) is 0 Å². The first-order chi connectivity index (χ1) is 15.4. The van der Waals surface area contributed by atoms with Crippen molar-refractivity contribution in [1.29, 1.82) is 0 Å². The van der Waals surface area contributed by atoms with Gasteiger partial charge in [0.2, 0.25) is 5.91 Å². The van der Waals surface area contributed by atoms with Crippen LogP contribution in [0.25, 0.3) is 11.0 Å². The molecule has 0 saturated carbocycles. The van der Waals surface area contributed by atoms with Crippen LogP contribution in [0.2, 0.25) is 10.0 Å². The second-order valence-electron chi connectivity index (χ2n) is 7.25. The summed E-state index contributed by atoms with van der Waals surface area (Å²) >= 11 is 12.3. The van der Waals surface area contributed by atoms with Gasteiger partial charge in [-0.1, -0.05) is 59.6 Å². The molecule has 2 N–H and O–H groups in total. The maximum absolute atomic E-state index is 12.8. The van der Waals surface area contributed by atoms with Gasteiger partial charge in [0.1, 0.15) is 12.4 Å². The number of anilines is 1. The predicted octanol–water partition coefficient (Wildman–Crippen LogP) is 5.47. The predicted molar refractivity (Wildman–Crippen MR) is 127 cm³/mol. The van der Waals surface area contributed by atoms with Crippen molar-refractivity contribution in [3.05, 3.63) is 94.2 Å². The highest BCUT2D eigenvalue weighted by Gasteiger charge is 2.21. The van der Waals surface area contributed by atoms with Crippen LogP contribution in [0, 0.1) is 0 Å². The van der Waals surface area contributed by atoms with Crippen molar-refractivity contribution in [1.82, 2.24) is 14.9 Å². The zero-order valence-electron chi connectivity index (χ0n) is 17.2. The van der Waals surface area contributed by atoms with Gasteiger partial charge in [0.05, 0.1) is 38.4 Å². The summed E-state index contributed by atoms with van der Waals surface area (Å²) in [4.78, 5) is 30.2. The molecule has 1 heterocycles. The Hall–Kier alpha value is -3.35. The van der Waals surface area contributed by atoms with Crippen LogP contribution in [0.1, 0.15) is 29.1 Å². The Morgan fingerprint density at radius 2 is 1.59 bits per heavy atom. The molecule has 0 radical (unpaired) electrons. The molecule has 0 spiro atoms. The summed E-state index contributed by atoms with van der Waals surface area (Å²) in [6.07, 6.45) is 0.